The minimum atomic E-state index is -0.240. The summed E-state index contributed by atoms with van der Waals surface area (Å²) >= 11 is 1.55. The van der Waals surface area contributed by atoms with Gasteiger partial charge in [0.25, 0.3) is 11.6 Å². The van der Waals surface area contributed by atoms with Gasteiger partial charge in [0.2, 0.25) is 0 Å². The fraction of sp³-hybridized carbons (Fsp3) is 0.0909. The summed E-state index contributed by atoms with van der Waals surface area (Å²) in [7, 11) is 0. The monoisotopic (exact) mass is 400 g/mol. The topological polar surface area (TPSA) is 80.9 Å². The molecular weight excluding hydrogens is 384 g/mol. The summed E-state index contributed by atoms with van der Waals surface area (Å²) in [5.74, 6) is -0.240. The van der Waals surface area contributed by atoms with E-state index < -0.39 is 0 Å². The summed E-state index contributed by atoms with van der Waals surface area (Å²) in [4.78, 5) is 23.2. The second kappa shape index (κ2) is 6.79. The molecule has 1 amide bonds. The largest absolute Gasteiger partial charge is 0.335 e. The maximum absolute atomic E-state index is 13.3. The smallest absolute Gasteiger partial charge is 0.259 e. The van der Waals surface area contributed by atoms with Crippen molar-refractivity contribution in [1.82, 2.24) is 15.1 Å². The highest BCUT2D eigenvalue weighted by Crippen LogP contribution is 2.31. The normalized spacial score (nSPS) is 11.2. The van der Waals surface area contributed by atoms with Crippen LogP contribution in [0, 0.1) is 13.8 Å². The quantitative estimate of drug-likeness (QED) is 0.440. The number of hydrogen-bond donors (Lipinski definition) is 1. The van der Waals surface area contributed by atoms with Crippen molar-refractivity contribution in [3.05, 3.63) is 70.9 Å². The maximum atomic E-state index is 13.3. The van der Waals surface area contributed by atoms with Crippen LogP contribution in [0.3, 0.4) is 0 Å². The van der Waals surface area contributed by atoms with E-state index >= 15 is 0 Å². The van der Waals surface area contributed by atoms with Gasteiger partial charge in [-0.05, 0) is 55.1 Å². The molecule has 6 nitrogen and oxygen atoms in total. The predicted molar refractivity (Wildman–Crippen MR) is 114 cm³/mol. The number of amides is 1. The van der Waals surface area contributed by atoms with Crippen LogP contribution in [0.1, 0.15) is 21.6 Å². The van der Waals surface area contributed by atoms with Crippen LogP contribution < -0.4 is 5.32 Å². The van der Waals surface area contributed by atoms with E-state index in [4.69, 9.17) is 4.52 Å². The predicted octanol–water partition coefficient (Wildman–Crippen LogP) is 5.37. The molecule has 29 heavy (non-hydrogen) atoms. The summed E-state index contributed by atoms with van der Waals surface area (Å²) in [5.41, 5.74) is 4.78. The van der Waals surface area contributed by atoms with Crippen LogP contribution in [0.5, 0.6) is 0 Å². The standard InChI is InChI=1S/C22H16N4O2S/c1-12-7-8-16(14-5-3-9-23-20(12)14)24-21(27)15-11-17(18-6-4-10-29-18)25-22-19(15)13(2)26-28-22/h3-11H,1-2H3,(H,24,27). The zero-order chi connectivity index (χ0) is 20.0. The second-order valence-electron chi connectivity index (χ2n) is 6.76. The molecule has 0 aliphatic heterocycles. The number of pyridine rings is 2. The Hall–Kier alpha value is -3.58. The molecule has 4 heterocycles. The van der Waals surface area contributed by atoms with Gasteiger partial charge in [-0.1, -0.05) is 17.3 Å². The van der Waals surface area contributed by atoms with Gasteiger partial charge in [0, 0.05) is 11.6 Å². The highest BCUT2D eigenvalue weighted by Gasteiger charge is 2.20. The third-order valence-corrected chi connectivity index (χ3v) is 5.75. The van der Waals surface area contributed by atoms with E-state index in [0.29, 0.717) is 33.7 Å². The van der Waals surface area contributed by atoms with Gasteiger partial charge in [-0.15, -0.1) is 11.3 Å². The van der Waals surface area contributed by atoms with Gasteiger partial charge in [0.15, 0.2) is 0 Å². The Kier molecular flexibility index (Phi) is 4.10. The van der Waals surface area contributed by atoms with E-state index in [1.54, 1.807) is 30.5 Å². The van der Waals surface area contributed by atoms with Gasteiger partial charge in [0.1, 0.15) is 0 Å². The fourth-order valence-corrected chi connectivity index (χ4v) is 4.12. The first kappa shape index (κ1) is 17.5. The Morgan fingerprint density at radius 1 is 1.14 bits per heavy atom. The van der Waals surface area contributed by atoms with Crippen molar-refractivity contribution in [3.63, 3.8) is 0 Å². The lowest BCUT2D eigenvalue weighted by Gasteiger charge is -2.11. The van der Waals surface area contributed by atoms with Crippen molar-refractivity contribution in [2.75, 3.05) is 5.32 Å². The van der Waals surface area contributed by atoms with E-state index in [9.17, 15) is 4.79 Å². The number of aromatic nitrogens is 3. The Balaban J connectivity index is 1.63. The highest BCUT2D eigenvalue weighted by atomic mass is 32.1. The molecule has 5 rings (SSSR count). The molecule has 1 N–H and O–H groups in total. The van der Waals surface area contributed by atoms with Crippen molar-refractivity contribution in [3.8, 4) is 10.6 Å². The van der Waals surface area contributed by atoms with E-state index in [1.165, 1.54) is 0 Å². The Labute approximate surface area is 170 Å². The minimum Gasteiger partial charge on any atom is -0.335 e. The third-order valence-electron chi connectivity index (χ3n) is 4.85. The number of fused-ring (bicyclic) bond motifs is 2. The molecule has 0 unspecified atom stereocenters. The van der Waals surface area contributed by atoms with Crippen LogP contribution in [0.15, 0.2) is 58.6 Å². The minimum absolute atomic E-state index is 0.240. The second-order valence-corrected chi connectivity index (χ2v) is 7.71. The van der Waals surface area contributed by atoms with E-state index in [0.717, 1.165) is 21.3 Å². The van der Waals surface area contributed by atoms with Crippen LogP contribution in [-0.2, 0) is 0 Å². The van der Waals surface area contributed by atoms with E-state index in [-0.39, 0.29) is 5.91 Å². The highest BCUT2D eigenvalue weighted by molar-refractivity contribution is 7.13. The Bertz CT molecular complexity index is 1370. The van der Waals surface area contributed by atoms with Crippen molar-refractivity contribution in [2.45, 2.75) is 13.8 Å². The van der Waals surface area contributed by atoms with Gasteiger partial charge in [-0.3, -0.25) is 9.78 Å². The summed E-state index contributed by atoms with van der Waals surface area (Å²) in [5, 5.41) is 10.5. The van der Waals surface area contributed by atoms with Crippen molar-refractivity contribution in [2.24, 2.45) is 0 Å². The first-order chi connectivity index (χ1) is 14.1. The molecule has 142 valence electrons. The molecule has 0 spiro atoms. The molecule has 1 aromatic carbocycles. The summed E-state index contributed by atoms with van der Waals surface area (Å²) in [6.07, 6.45) is 1.75. The van der Waals surface area contributed by atoms with Crippen molar-refractivity contribution >= 4 is 44.9 Å². The van der Waals surface area contributed by atoms with Gasteiger partial charge in [-0.2, -0.15) is 0 Å². The van der Waals surface area contributed by atoms with Crippen LogP contribution in [-0.4, -0.2) is 21.0 Å². The molecule has 0 saturated heterocycles. The van der Waals surface area contributed by atoms with Gasteiger partial charge >= 0.3 is 0 Å². The first-order valence-corrected chi connectivity index (χ1v) is 9.96. The lowest BCUT2D eigenvalue weighted by molar-refractivity contribution is 0.102. The van der Waals surface area contributed by atoms with Crippen LogP contribution in [0.2, 0.25) is 0 Å². The Morgan fingerprint density at radius 2 is 2.03 bits per heavy atom. The number of benzene rings is 1. The van der Waals surface area contributed by atoms with Gasteiger partial charge in [-0.25, -0.2) is 4.98 Å². The zero-order valence-electron chi connectivity index (χ0n) is 15.8. The number of hydrogen-bond acceptors (Lipinski definition) is 6. The van der Waals surface area contributed by atoms with E-state index in [1.807, 2.05) is 48.7 Å². The number of nitrogens with one attached hydrogen (secondary N) is 1. The average molecular weight is 400 g/mol. The number of nitrogens with zero attached hydrogens (tertiary/aromatic N) is 3. The molecular formula is C22H16N4O2S. The summed E-state index contributed by atoms with van der Waals surface area (Å²) in [6.45, 7) is 3.81. The molecule has 0 bridgehead atoms. The number of anilines is 1. The average Bonchev–Trinajstić information content (AvgIpc) is 3.40. The number of carbonyl (C=O) groups excluding carboxylic acids is 1. The van der Waals surface area contributed by atoms with E-state index in [2.05, 4.69) is 20.4 Å². The molecule has 7 heteroatoms. The maximum Gasteiger partial charge on any atom is 0.259 e. The third kappa shape index (κ3) is 2.96. The summed E-state index contributed by atoms with van der Waals surface area (Å²) in [6, 6.07) is 13.4. The van der Waals surface area contributed by atoms with Crippen molar-refractivity contribution < 1.29 is 9.32 Å². The molecule has 0 saturated carbocycles. The number of carbonyl (C=O) groups is 1. The molecule has 5 aromatic rings. The number of aryl methyl sites for hydroxylation is 2. The SMILES string of the molecule is Cc1ccc(NC(=O)c2cc(-c3cccs3)nc3onc(C)c23)c2cccnc12. The molecule has 0 aliphatic carbocycles. The van der Waals surface area contributed by atoms with Crippen LogP contribution >= 0.6 is 11.3 Å². The van der Waals surface area contributed by atoms with Gasteiger partial charge < -0.3 is 9.84 Å². The van der Waals surface area contributed by atoms with Crippen LogP contribution in [0.25, 0.3) is 32.6 Å². The lowest BCUT2D eigenvalue weighted by Crippen LogP contribution is -2.13. The summed E-state index contributed by atoms with van der Waals surface area (Å²) < 4.78 is 5.37. The molecule has 0 atom stereocenters. The zero-order valence-corrected chi connectivity index (χ0v) is 16.6. The fourth-order valence-electron chi connectivity index (χ4n) is 3.44. The molecule has 0 aliphatic rings. The molecule has 0 radical (unpaired) electrons. The van der Waals surface area contributed by atoms with Crippen LogP contribution in [0.4, 0.5) is 5.69 Å². The van der Waals surface area contributed by atoms with Crippen molar-refractivity contribution in [1.29, 1.82) is 0 Å². The Morgan fingerprint density at radius 3 is 2.86 bits per heavy atom. The number of rotatable bonds is 3. The number of thiophene rings is 1. The lowest BCUT2D eigenvalue weighted by atomic mass is 10.1. The first-order valence-electron chi connectivity index (χ1n) is 9.08. The molecule has 4 aromatic heterocycles. The van der Waals surface area contributed by atoms with Gasteiger partial charge in [0.05, 0.1) is 38.4 Å². The molecule has 0 fully saturated rings.